The zero-order chi connectivity index (χ0) is 63.3. The molecule has 6 atom stereocenters. The van der Waals surface area contributed by atoms with Gasteiger partial charge in [0.25, 0.3) is 11.8 Å². The Morgan fingerprint density at radius 1 is 1.00 bits per heavy atom. The first kappa shape index (κ1) is 86.5. The quantitative estimate of drug-likeness (QED) is 0.0101. The number of imide groups is 1. The summed E-state index contributed by atoms with van der Waals surface area (Å²) in [5.74, 6) is -1.15. The predicted molar refractivity (Wildman–Crippen MR) is 328 cm³/mol. The minimum atomic E-state index is -0.779. The third-order valence-corrected chi connectivity index (χ3v) is 14.1. The zero-order valence-electron chi connectivity index (χ0n) is 53.1. The van der Waals surface area contributed by atoms with E-state index < -0.39 is 30.3 Å². The number of aliphatic hydroxyl groups excluding tert-OH is 3. The maximum absolute atomic E-state index is 13.9. The molecule has 9 N–H and O–H groups in total. The summed E-state index contributed by atoms with van der Waals surface area (Å²) in [6, 6.07) is 15.3. The second-order valence-electron chi connectivity index (χ2n) is 20.9. The zero-order valence-corrected chi connectivity index (χ0v) is 61.8. The number of methoxy groups -OCH3 is 1. The van der Waals surface area contributed by atoms with Crippen LogP contribution in [0.15, 0.2) is 54.6 Å². The summed E-state index contributed by atoms with van der Waals surface area (Å²) in [4.78, 5) is 61.8. The summed E-state index contributed by atoms with van der Waals surface area (Å²) in [6.45, 7) is 14.5. The molecule has 25 heteroatoms. The van der Waals surface area contributed by atoms with Crippen LogP contribution in [0.2, 0.25) is 0 Å². The van der Waals surface area contributed by atoms with Crippen LogP contribution in [0.4, 0.5) is 0 Å². The van der Waals surface area contributed by atoms with Crippen molar-refractivity contribution in [2.75, 3.05) is 88.0 Å². The number of carbonyl (C=O) groups is 5. The van der Waals surface area contributed by atoms with Crippen molar-refractivity contribution < 1.29 is 143 Å². The van der Waals surface area contributed by atoms with Gasteiger partial charge in [0.1, 0.15) is 29.3 Å². The number of nitrogens with zero attached hydrogens (tertiary/aromatic N) is 4. The van der Waals surface area contributed by atoms with E-state index in [-0.39, 0.29) is 170 Å². The third-order valence-electron chi connectivity index (χ3n) is 14.1. The first-order valence-electron chi connectivity index (χ1n) is 29.2. The predicted octanol–water partition coefficient (Wildman–Crippen LogP) is 7.21. The monoisotopic (exact) mass is 1650 g/mol. The molecule has 2 fully saturated rings. The number of phenolic OH excluding ortho intramolecular Hbond substituents is 2. The molecular weight excluding hydrogens is 1550 g/mol. The number of carbonyl (C=O) groups excluding carboxylic acids is 5. The molecule has 5 unspecified atom stereocenters. The average molecular weight is 1650 g/mol. The Morgan fingerprint density at radius 2 is 1.68 bits per heavy atom. The number of unbranched alkanes of at least 4 members (excludes halogenated alkanes) is 2. The number of phenols is 2. The Bertz CT molecular complexity index is 2490. The van der Waals surface area contributed by atoms with E-state index in [9.17, 15) is 34.2 Å². The largest absolute Gasteiger partial charge is 2.00 e. The van der Waals surface area contributed by atoms with Crippen LogP contribution >= 0.6 is 0 Å². The number of ketones is 2. The van der Waals surface area contributed by atoms with Crippen LogP contribution in [0.1, 0.15) is 142 Å². The number of hydrogen-bond donors (Lipinski definition) is 9. The maximum atomic E-state index is 13.9. The SMILES string of the molecule is CCC(CCNCC(=O)C1Cc2c(O)c(C(=O)c3cccc(OC)c3C)c(C=N)c(O)c2C(OC2CCC[C@H](C)O2)C1)[N-]C.CO.C[N-]CCCCCN1C(=O)C=CC1=O.C[N-]CNC(=O)CC(C)C.OC1COCCN1.OCc1cc[c-]cc1.[W+2].[W].[Y]. The van der Waals surface area contributed by atoms with Crippen LogP contribution in [0.5, 0.6) is 17.2 Å². The Labute approximate surface area is 575 Å². The number of aliphatic hydroxyl groups is 3. The van der Waals surface area contributed by atoms with Crippen molar-refractivity contribution in [1.82, 2.24) is 20.9 Å². The number of aromatic hydroxyl groups is 2. The summed E-state index contributed by atoms with van der Waals surface area (Å²) in [5, 5.41) is 76.4. The van der Waals surface area contributed by atoms with Crippen LogP contribution in [-0.2, 0) is 121 Å². The average Bonchev–Trinajstić information content (AvgIpc) is 1.42. The molecule has 3 heterocycles. The van der Waals surface area contributed by atoms with E-state index in [1.54, 1.807) is 58.4 Å². The molecule has 3 aromatic carbocycles. The maximum Gasteiger partial charge on any atom is 2.00 e. The van der Waals surface area contributed by atoms with E-state index in [1.807, 2.05) is 32.9 Å². The van der Waals surface area contributed by atoms with Crippen LogP contribution in [0, 0.1) is 30.2 Å². The molecule has 3 aromatic rings. The van der Waals surface area contributed by atoms with Crippen molar-refractivity contribution in [3.05, 3.63) is 116 Å². The number of morpholine rings is 1. The van der Waals surface area contributed by atoms with Crippen LogP contribution in [-0.4, -0.2) is 179 Å². The molecule has 4 aliphatic rings. The first-order valence-corrected chi connectivity index (χ1v) is 29.2. The molecule has 0 bridgehead atoms. The number of benzene rings is 3. The summed E-state index contributed by atoms with van der Waals surface area (Å²) >= 11 is 0. The second-order valence-corrected chi connectivity index (χ2v) is 20.9. The second kappa shape index (κ2) is 50.1. The van der Waals surface area contributed by atoms with Gasteiger partial charge in [-0.3, -0.25) is 34.2 Å². The molecule has 22 nitrogen and oxygen atoms in total. The van der Waals surface area contributed by atoms with E-state index in [1.165, 1.54) is 24.2 Å². The van der Waals surface area contributed by atoms with Crippen LogP contribution < -0.4 is 20.7 Å². The molecule has 1 radical (unpaired) electrons. The van der Waals surface area contributed by atoms with Gasteiger partial charge in [-0.25, -0.2) is 0 Å². The Balaban J connectivity index is 0. The molecule has 3 aliphatic heterocycles. The minimum absolute atomic E-state index is 0. The molecule has 489 valence electrons. The van der Waals surface area contributed by atoms with Crippen LogP contribution in [0.3, 0.4) is 0 Å². The van der Waals surface area contributed by atoms with Crippen molar-refractivity contribution >= 4 is 35.5 Å². The smallest absolute Gasteiger partial charge is 0.665 e. The van der Waals surface area contributed by atoms with Gasteiger partial charge in [0.05, 0.1) is 44.6 Å². The van der Waals surface area contributed by atoms with E-state index in [2.05, 4.69) is 44.9 Å². The first-order chi connectivity index (χ1) is 40.9. The van der Waals surface area contributed by atoms with Gasteiger partial charge < -0.3 is 76.5 Å². The van der Waals surface area contributed by atoms with Crippen molar-refractivity contribution in [3.8, 4) is 17.2 Å². The van der Waals surface area contributed by atoms with Crippen molar-refractivity contribution in [3.63, 3.8) is 0 Å². The Hall–Kier alpha value is -3.54. The number of amides is 3. The van der Waals surface area contributed by atoms with Gasteiger partial charge in [-0.1, -0.05) is 65.3 Å². The molecule has 7 rings (SSSR count). The van der Waals surface area contributed by atoms with E-state index in [4.69, 9.17) is 39.7 Å². The summed E-state index contributed by atoms with van der Waals surface area (Å²) in [5.41, 5.74) is 2.07. The summed E-state index contributed by atoms with van der Waals surface area (Å²) in [6.07, 6.45) is 9.91. The van der Waals surface area contributed by atoms with Gasteiger partial charge >= 0.3 is 21.1 Å². The molecule has 2 saturated heterocycles. The number of rotatable bonds is 25. The summed E-state index contributed by atoms with van der Waals surface area (Å²) < 4.78 is 22.7. The van der Waals surface area contributed by atoms with Gasteiger partial charge in [0.15, 0.2) is 12.1 Å². The fraction of sp³-hybridized carbons (Fsp3) is 0.587. The number of ether oxygens (including phenoxy) is 4. The minimum Gasteiger partial charge on any atom is -0.665 e. The Kier molecular flexibility index (Phi) is 49.2. The molecule has 1 aliphatic carbocycles. The third kappa shape index (κ3) is 30.7. The van der Waals surface area contributed by atoms with E-state index in [0.717, 1.165) is 83.5 Å². The van der Waals surface area contributed by atoms with Gasteiger partial charge in [-0.2, -0.15) is 51.5 Å². The van der Waals surface area contributed by atoms with E-state index >= 15 is 0 Å². The number of Topliss-reactive ketones (excluding diaryl/α,β-unsaturated/α-hetero) is 1. The van der Waals surface area contributed by atoms with Crippen molar-refractivity contribution in [2.24, 2.45) is 11.8 Å². The number of nitrogens with one attached hydrogen (secondary N) is 4. The van der Waals surface area contributed by atoms with Gasteiger partial charge in [0, 0.05) is 139 Å². The molecule has 0 spiro atoms. The van der Waals surface area contributed by atoms with Crippen molar-refractivity contribution in [2.45, 2.75) is 143 Å². The Morgan fingerprint density at radius 3 is 2.20 bits per heavy atom. The fourth-order valence-electron chi connectivity index (χ4n) is 9.48. The van der Waals surface area contributed by atoms with Gasteiger partial charge in [-0.15, -0.1) is 18.2 Å². The normalized spacial score (nSPS) is 18.2. The molecule has 0 saturated carbocycles. The van der Waals surface area contributed by atoms with E-state index in [0.29, 0.717) is 62.0 Å². The van der Waals surface area contributed by atoms with Gasteiger partial charge in [0.2, 0.25) is 5.91 Å². The fourth-order valence-corrected chi connectivity index (χ4v) is 9.48. The number of hydrogen-bond acceptors (Lipinski definition) is 17. The van der Waals surface area contributed by atoms with Gasteiger partial charge in [-0.05, 0) is 70.9 Å². The van der Waals surface area contributed by atoms with Crippen LogP contribution in [0.25, 0.3) is 16.0 Å². The number of fused-ring (bicyclic) bond motifs is 1. The standard InChI is InChI=1S/C34H46N3O7.C10H15N2O2.C7H15N2O.C7H7O.C4H9NO2.CH4O.2W.Y/c1-6-22(36-4)13-14-37-18-26(38)21-15-24-30(28(16-21)44-29-12-7-9-19(2)43-29)34(41)25(17-35)31(33(24)40)32(39)23-10-8-11-27(42-5)20(23)3;1-11-7-3-2-4-8-12-9(13)5-6-10(12)14;1-6(2)4-7(10)9-5-8-3;8-6-7-4-2-1-3-5-7;6-4-3-7-2-1-5-4;1-2;;;/h8,10-11,17,19,21-22,28-29,35,37,40-41H,6-7,9,12-16,18H2,1-5H3;5-6H,2-4,7-8H2,1H3;6H,4-5H2,1-3H3,(H,9,10);2-5,8H,6H2;4-6H,1-3H2;2H,1H3;;;/q4*-1;;;;+2;/t19-,21?,22?,28?,29?;;;;;;;;/m0......../s1. The molecule has 0 aromatic heterocycles. The summed E-state index contributed by atoms with van der Waals surface area (Å²) in [7, 11) is 7.77. The molecular formula is C63H96N8O14W2Y-2. The molecule has 88 heavy (non-hydrogen) atoms. The topological polar surface area (TPSA) is 329 Å². The molecule has 3 amide bonds. The van der Waals surface area contributed by atoms with Crippen molar-refractivity contribution in [1.29, 1.82) is 5.41 Å².